The molecule has 1 N–H and O–H groups in total. The molecule has 0 fully saturated rings. The average molecular weight is 447 g/mol. The van der Waals surface area contributed by atoms with Crippen LogP contribution < -0.4 is 4.31 Å². The Morgan fingerprint density at radius 1 is 0.964 bits per heavy atom. The van der Waals surface area contributed by atoms with Crippen LogP contribution >= 0.6 is 11.3 Å². The zero-order valence-corrected chi connectivity index (χ0v) is 16.3. The Morgan fingerprint density at radius 3 is 1.79 bits per heavy atom. The Hall–Kier alpha value is -1.79. The lowest BCUT2D eigenvalue weighted by Crippen LogP contribution is -2.53. The van der Waals surface area contributed by atoms with Gasteiger partial charge in [-0.15, -0.1) is 11.3 Å². The highest BCUT2D eigenvalue weighted by atomic mass is 32.2. The molecule has 156 valence electrons. The van der Waals surface area contributed by atoms with Crippen molar-refractivity contribution in [3.05, 3.63) is 45.6 Å². The fraction of sp³-hybridized carbons (Fsp3) is 0.375. The SMILES string of the molecule is Cc1cc(S(=O)(=O)N(C)c2ccc(C(O)(C(F)(F)F)C(F)(F)F)cc2)c(C)s1. The predicted octanol–water partition coefficient (Wildman–Crippen LogP) is 4.50. The van der Waals surface area contributed by atoms with Crippen molar-refractivity contribution in [3.8, 4) is 0 Å². The molecule has 12 heteroatoms. The number of rotatable bonds is 4. The minimum Gasteiger partial charge on any atom is -0.369 e. The second-order valence-electron chi connectivity index (χ2n) is 6.00. The summed E-state index contributed by atoms with van der Waals surface area (Å²) < 4.78 is 104. The Kier molecular flexibility index (Phi) is 5.56. The normalized spacial score (nSPS) is 13.6. The van der Waals surface area contributed by atoms with E-state index in [2.05, 4.69) is 0 Å². The number of alkyl halides is 6. The van der Waals surface area contributed by atoms with Gasteiger partial charge in [0.15, 0.2) is 0 Å². The lowest BCUT2D eigenvalue weighted by molar-refractivity contribution is -0.376. The standard InChI is InChI=1S/C16H15F6NO3S2/c1-9-8-13(10(2)27-9)28(25,26)23(3)12-6-4-11(5-7-12)14(24,15(17,18)19)16(20,21)22/h4-8,24H,1-3H3. The van der Waals surface area contributed by atoms with E-state index >= 15 is 0 Å². The van der Waals surface area contributed by atoms with E-state index in [0.717, 1.165) is 28.4 Å². The number of hydrogen-bond acceptors (Lipinski definition) is 4. The number of halogens is 6. The molecule has 1 heterocycles. The number of aliphatic hydroxyl groups is 1. The molecule has 0 amide bonds. The van der Waals surface area contributed by atoms with Gasteiger partial charge in [-0.1, -0.05) is 12.1 Å². The molecule has 0 spiro atoms. The molecule has 2 rings (SSSR count). The summed E-state index contributed by atoms with van der Waals surface area (Å²) in [4.78, 5) is 1.20. The summed E-state index contributed by atoms with van der Waals surface area (Å²) in [6.45, 7) is 3.27. The maximum Gasteiger partial charge on any atom is 0.430 e. The summed E-state index contributed by atoms with van der Waals surface area (Å²) in [5, 5.41) is 9.38. The third-order valence-corrected chi connectivity index (χ3v) is 7.11. The van der Waals surface area contributed by atoms with Crippen LogP contribution in [0.2, 0.25) is 0 Å². The third kappa shape index (κ3) is 3.60. The van der Waals surface area contributed by atoms with E-state index in [-0.39, 0.29) is 10.6 Å². The Bertz CT molecular complexity index is 948. The number of sulfonamides is 1. The van der Waals surface area contributed by atoms with Gasteiger partial charge in [0.1, 0.15) is 4.90 Å². The molecule has 0 radical (unpaired) electrons. The molecule has 0 aliphatic carbocycles. The summed E-state index contributed by atoms with van der Waals surface area (Å²) >= 11 is 1.23. The first-order valence-electron chi connectivity index (χ1n) is 7.56. The molecule has 0 aliphatic heterocycles. The summed E-state index contributed by atoms with van der Waals surface area (Å²) in [5.41, 5.74) is -6.71. The average Bonchev–Trinajstić information content (AvgIpc) is 2.90. The number of anilines is 1. The van der Waals surface area contributed by atoms with E-state index in [1.54, 1.807) is 13.8 Å². The van der Waals surface area contributed by atoms with Gasteiger partial charge in [-0.25, -0.2) is 8.42 Å². The zero-order valence-electron chi connectivity index (χ0n) is 14.7. The van der Waals surface area contributed by atoms with Crippen LogP contribution in [0.3, 0.4) is 0 Å². The molecule has 0 saturated heterocycles. The van der Waals surface area contributed by atoms with Crippen molar-refractivity contribution in [2.45, 2.75) is 36.7 Å². The summed E-state index contributed by atoms with van der Waals surface area (Å²) in [6, 6.07) is 3.75. The first kappa shape index (κ1) is 22.5. The number of hydrogen-bond donors (Lipinski definition) is 1. The second kappa shape index (κ2) is 6.92. The van der Waals surface area contributed by atoms with Crippen LogP contribution in [-0.4, -0.2) is 32.9 Å². The molecule has 4 nitrogen and oxygen atoms in total. The molecule has 1 aromatic heterocycles. The quantitative estimate of drug-likeness (QED) is 0.703. The molecule has 2 aromatic rings. The molecular weight excluding hydrogens is 432 g/mol. The van der Waals surface area contributed by atoms with Crippen LogP contribution in [0.25, 0.3) is 0 Å². The molecule has 1 aromatic carbocycles. The highest BCUT2D eigenvalue weighted by Gasteiger charge is 2.71. The van der Waals surface area contributed by atoms with Crippen LogP contribution in [0, 0.1) is 13.8 Å². The van der Waals surface area contributed by atoms with Gasteiger partial charge in [-0.2, -0.15) is 26.3 Å². The topological polar surface area (TPSA) is 57.6 Å². The van der Waals surface area contributed by atoms with Gasteiger partial charge in [-0.05, 0) is 32.0 Å². The number of nitrogens with zero attached hydrogens (tertiary/aromatic N) is 1. The van der Waals surface area contributed by atoms with Gasteiger partial charge in [0.25, 0.3) is 15.6 Å². The molecule has 0 aliphatic rings. The van der Waals surface area contributed by atoms with Gasteiger partial charge >= 0.3 is 12.4 Å². The van der Waals surface area contributed by atoms with Crippen LogP contribution in [0.1, 0.15) is 15.3 Å². The van der Waals surface area contributed by atoms with Crippen molar-refractivity contribution in [1.82, 2.24) is 0 Å². The van der Waals surface area contributed by atoms with E-state index in [9.17, 15) is 39.9 Å². The third-order valence-electron chi connectivity index (χ3n) is 4.10. The van der Waals surface area contributed by atoms with Gasteiger partial charge in [-0.3, -0.25) is 4.31 Å². The molecule has 28 heavy (non-hydrogen) atoms. The van der Waals surface area contributed by atoms with E-state index < -0.39 is 33.5 Å². The first-order valence-corrected chi connectivity index (χ1v) is 9.81. The maximum absolute atomic E-state index is 12.9. The fourth-order valence-corrected chi connectivity index (χ4v) is 5.27. The summed E-state index contributed by atoms with van der Waals surface area (Å²) in [7, 11) is -2.95. The lowest BCUT2D eigenvalue weighted by Gasteiger charge is -2.33. The van der Waals surface area contributed by atoms with Crippen molar-refractivity contribution in [2.24, 2.45) is 0 Å². The van der Waals surface area contributed by atoms with Gasteiger partial charge in [0.2, 0.25) is 0 Å². The fourth-order valence-electron chi connectivity index (χ4n) is 2.55. The molecule has 0 saturated carbocycles. The largest absolute Gasteiger partial charge is 0.430 e. The van der Waals surface area contributed by atoms with E-state index in [4.69, 9.17) is 0 Å². The Morgan fingerprint density at radius 2 is 1.43 bits per heavy atom. The number of aryl methyl sites for hydroxylation is 2. The van der Waals surface area contributed by atoms with Crippen molar-refractivity contribution in [3.63, 3.8) is 0 Å². The first-order chi connectivity index (χ1) is 12.5. The summed E-state index contributed by atoms with van der Waals surface area (Å²) in [6.07, 6.45) is -12.0. The minimum atomic E-state index is -6.02. The van der Waals surface area contributed by atoms with Crippen LogP contribution in [0.4, 0.5) is 32.0 Å². The minimum absolute atomic E-state index is 0.0105. The van der Waals surface area contributed by atoms with Crippen LogP contribution in [-0.2, 0) is 15.6 Å². The number of benzene rings is 1. The highest BCUT2D eigenvalue weighted by molar-refractivity contribution is 7.93. The highest BCUT2D eigenvalue weighted by Crippen LogP contribution is 2.50. The van der Waals surface area contributed by atoms with E-state index in [1.807, 2.05) is 0 Å². The van der Waals surface area contributed by atoms with Gasteiger partial charge in [0, 0.05) is 22.4 Å². The Balaban J connectivity index is 2.48. The lowest BCUT2D eigenvalue weighted by atomic mass is 9.92. The molecule has 0 bridgehead atoms. The van der Waals surface area contributed by atoms with E-state index in [0.29, 0.717) is 17.0 Å². The van der Waals surface area contributed by atoms with Crippen molar-refractivity contribution in [2.75, 3.05) is 11.4 Å². The van der Waals surface area contributed by atoms with Gasteiger partial charge in [0.05, 0.1) is 5.69 Å². The van der Waals surface area contributed by atoms with Gasteiger partial charge < -0.3 is 5.11 Å². The molecule has 0 unspecified atom stereocenters. The van der Waals surface area contributed by atoms with Crippen LogP contribution in [0.15, 0.2) is 35.2 Å². The number of thiophene rings is 1. The predicted molar refractivity (Wildman–Crippen MR) is 91.8 cm³/mol. The molecular formula is C16H15F6NO3S2. The maximum atomic E-state index is 12.9. The molecule has 0 atom stereocenters. The second-order valence-corrected chi connectivity index (χ2v) is 9.40. The monoisotopic (exact) mass is 447 g/mol. The van der Waals surface area contributed by atoms with Crippen molar-refractivity contribution < 1.29 is 39.9 Å². The zero-order chi connectivity index (χ0) is 21.7. The van der Waals surface area contributed by atoms with Crippen LogP contribution in [0.5, 0.6) is 0 Å². The van der Waals surface area contributed by atoms with E-state index in [1.165, 1.54) is 17.4 Å². The Labute approximate surface area is 161 Å². The van der Waals surface area contributed by atoms with Crippen molar-refractivity contribution >= 4 is 27.0 Å². The van der Waals surface area contributed by atoms with Crippen molar-refractivity contribution in [1.29, 1.82) is 0 Å². The smallest absolute Gasteiger partial charge is 0.369 e. The summed E-state index contributed by atoms with van der Waals surface area (Å²) in [5.74, 6) is 0.